The van der Waals surface area contributed by atoms with E-state index in [0.717, 1.165) is 6.07 Å². The molecule has 35 heavy (non-hydrogen) atoms. The van der Waals surface area contributed by atoms with Crippen LogP contribution in [0.3, 0.4) is 0 Å². The van der Waals surface area contributed by atoms with Crippen LogP contribution in [-0.4, -0.2) is 34.6 Å². The number of H-pyrrole nitrogens is 1. The quantitative estimate of drug-likeness (QED) is 0.432. The highest BCUT2D eigenvalue weighted by atomic mass is 35.5. The Balaban J connectivity index is 1.38. The van der Waals surface area contributed by atoms with Crippen molar-refractivity contribution < 1.29 is 31.5 Å². The Morgan fingerprint density at radius 2 is 1.77 bits per heavy atom. The second-order valence-electron chi connectivity index (χ2n) is 8.88. The van der Waals surface area contributed by atoms with Crippen LogP contribution in [0.2, 0.25) is 5.02 Å². The highest BCUT2D eigenvalue weighted by Crippen LogP contribution is 2.59. The summed E-state index contributed by atoms with van der Waals surface area (Å²) in [6.07, 6.45) is 4.18. The zero-order valence-electron chi connectivity index (χ0n) is 17.9. The molecule has 2 unspecified atom stereocenters. The van der Waals surface area contributed by atoms with Gasteiger partial charge in [0, 0.05) is 35.8 Å². The van der Waals surface area contributed by atoms with Crippen molar-refractivity contribution in [3.8, 4) is 0 Å². The maximum absolute atomic E-state index is 13.5. The third-order valence-corrected chi connectivity index (χ3v) is 9.62. The number of fused-ring (bicyclic) bond motifs is 2. The Labute approximate surface area is 203 Å². The summed E-state index contributed by atoms with van der Waals surface area (Å²) in [5.41, 5.74) is -1.66. The summed E-state index contributed by atoms with van der Waals surface area (Å²) in [5, 5.41) is 12.4. The molecular formula is C23H19ClF3N3O4S. The number of nitrogens with one attached hydrogen (secondary N) is 2. The van der Waals surface area contributed by atoms with Crippen LogP contribution < -0.4 is 5.32 Å². The highest BCUT2D eigenvalue weighted by Gasteiger charge is 2.62. The number of benzene rings is 2. The van der Waals surface area contributed by atoms with Gasteiger partial charge in [-0.2, -0.15) is 0 Å². The van der Waals surface area contributed by atoms with Gasteiger partial charge in [-0.05, 0) is 49.3 Å². The van der Waals surface area contributed by atoms with Crippen LogP contribution in [0.25, 0.3) is 0 Å². The number of carbonyl (C=O) groups excluding carboxylic acids is 1. The number of hydrogen-bond donors (Lipinski definition) is 3. The molecular weight excluding hydrogens is 507 g/mol. The molecule has 12 heteroatoms. The van der Waals surface area contributed by atoms with Crippen molar-refractivity contribution in [3.63, 3.8) is 0 Å². The lowest BCUT2D eigenvalue weighted by atomic mass is 9.53. The van der Waals surface area contributed by atoms with Gasteiger partial charge in [0.1, 0.15) is 11.4 Å². The summed E-state index contributed by atoms with van der Waals surface area (Å²) in [5.74, 6) is -5.69. The first kappa shape index (κ1) is 23.8. The number of aromatic amines is 1. The maximum atomic E-state index is 13.5. The number of rotatable bonds is 5. The molecule has 0 aliphatic heterocycles. The first-order valence-corrected chi connectivity index (χ1v) is 12.7. The number of halogens is 4. The van der Waals surface area contributed by atoms with Crippen molar-refractivity contribution in [1.29, 1.82) is 0 Å². The third kappa shape index (κ3) is 3.82. The zero-order chi connectivity index (χ0) is 25.1. The lowest BCUT2D eigenvalue weighted by Gasteiger charge is -2.57. The van der Waals surface area contributed by atoms with Gasteiger partial charge in [-0.3, -0.25) is 4.79 Å². The molecule has 2 bridgehead atoms. The molecule has 7 nitrogen and oxygen atoms in total. The largest absolute Gasteiger partial charge is 0.381 e. The number of anilines is 1. The number of amides is 1. The predicted molar refractivity (Wildman–Crippen MR) is 120 cm³/mol. The average Bonchev–Trinajstić information content (AvgIpc) is 3.37. The van der Waals surface area contributed by atoms with Crippen molar-refractivity contribution in [2.75, 3.05) is 5.32 Å². The van der Waals surface area contributed by atoms with Crippen molar-refractivity contribution in [3.05, 3.63) is 76.6 Å². The number of sulfone groups is 1. The number of imidazole rings is 1. The van der Waals surface area contributed by atoms with Gasteiger partial charge in [-0.25, -0.2) is 26.6 Å². The molecule has 6 rings (SSSR count). The minimum Gasteiger partial charge on any atom is -0.381 e. The Bertz CT molecular complexity index is 1400. The smallest absolute Gasteiger partial charge is 0.255 e. The van der Waals surface area contributed by atoms with Gasteiger partial charge in [0.05, 0.1) is 15.2 Å². The SMILES string of the molecule is O=C(Nc1cc(F)c(F)c(F)c1)c1ccc(Cl)c(S(=O)(=O)C2CC3CC(C2)C3(O)c2ncc[nH]2)c1. The van der Waals surface area contributed by atoms with Gasteiger partial charge >= 0.3 is 0 Å². The average molecular weight is 526 g/mol. The summed E-state index contributed by atoms with van der Waals surface area (Å²) in [6, 6.07) is 4.83. The van der Waals surface area contributed by atoms with Gasteiger partial charge in [-0.15, -0.1) is 0 Å². The van der Waals surface area contributed by atoms with Gasteiger partial charge in [0.15, 0.2) is 27.3 Å². The maximum Gasteiger partial charge on any atom is 0.255 e. The molecule has 1 heterocycles. The molecule has 2 atom stereocenters. The molecule has 2 aromatic carbocycles. The third-order valence-electron chi connectivity index (χ3n) is 6.97. The second-order valence-corrected chi connectivity index (χ2v) is 11.5. The van der Waals surface area contributed by atoms with E-state index >= 15 is 0 Å². The molecule has 1 amide bonds. The monoisotopic (exact) mass is 525 g/mol. The van der Waals surface area contributed by atoms with E-state index in [2.05, 4.69) is 15.3 Å². The van der Waals surface area contributed by atoms with Crippen molar-refractivity contribution in [2.45, 2.75) is 35.0 Å². The molecule has 0 radical (unpaired) electrons. The van der Waals surface area contributed by atoms with E-state index < -0.39 is 44.0 Å². The van der Waals surface area contributed by atoms with E-state index in [1.165, 1.54) is 18.3 Å². The fourth-order valence-electron chi connectivity index (χ4n) is 5.16. The molecule has 3 fully saturated rings. The Kier molecular flexibility index (Phi) is 5.69. The first-order valence-electron chi connectivity index (χ1n) is 10.7. The molecule has 3 saturated carbocycles. The van der Waals surface area contributed by atoms with E-state index in [-0.39, 0.29) is 45.8 Å². The molecule has 184 valence electrons. The number of aromatic nitrogens is 2. The second kappa shape index (κ2) is 8.35. The summed E-state index contributed by atoms with van der Waals surface area (Å²) in [6.45, 7) is 0. The molecule has 1 aromatic heterocycles. The highest BCUT2D eigenvalue weighted by molar-refractivity contribution is 7.92. The summed E-state index contributed by atoms with van der Waals surface area (Å²) >= 11 is 6.19. The van der Waals surface area contributed by atoms with Crippen LogP contribution in [0, 0.1) is 29.3 Å². The molecule has 0 spiro atoms. The Morgan fingerprint density at radius 3 is 2.37 bits per heavy atom. The fourth-order valence-corrected chi connectivity index (χ4v) is 7.56. The molecule has 3 N–H and O–H groups in total. The summed E-state index contributed by atoms with van der Waals surface area (Å²) < 4.78 is 67.0. The van der Waals surface area contributed by atoms with E-state index in [1.54, 1.807) is 6.20 Å². The van der Waals surface area contributed by atoms with Crippen molar-refractivity contribution >= 4 is 33.0 Å². The Morgan fingerprint density at radius 1 is 1.11 bits per heavy atom. The van der Waals surface area contributed by atoms with E-state index in [9.17, 15) is 31.5 Å². The number of hydrogen-bond acceptors (Lipinski definition) is 5. The molecule has 0 saturated heterocycles. The Hall–Kier alpha value is -2.89. The van der Waals surface area contributed by atoms with Crippen LogP contribution in [0.15, 0.2) is 47.6 Å². The lowest BCUT2D eigenvalue weighted by molar-refractivity contribution is -0.189. The van der Waals surface area contributed by atoms with Crippen LogP contribution in [0.4, 0.5) is 18.9 Å². The normalized spacial score (nSPS) is 25.7. The number of carbonyl (C=O) groups is 1. The van der Waals surface area contributed by atoms with Gasteiger partial charge < -0.3 is 15.4 Å². The summed E-state index contributed by atoms with van der Waals surface area (Å²) in [4.78, 5) is 19.4. The lowest BCUT2D eigenvalue weighted by Crippen LogP contribution is -2.60. The van der Waals surface area contributed by atoms with E-state index in [1.807, 2.05) is 0 Å². The molecule has 3 aliphatic carbocycles. The zero-order valence-corrected chi connectivity index (χ0v) is 19.5. The van der Waals surface area contributed by atoms with Gasteiger partial charge in [-0.1, -0.05) is 11.6 Å². The van der Waals surface area contributed by atoms with Crippen molar-refractivity contribution in [2.24, 2.45) is 11.8 Å². The van der Waals surface area contributed by atoms with Crippen molar-refractivity contribution in [1.82, 2.24) is 9.97 Å². The standard InChI is InChI=1S/C23H19ClF3N3O4S/c24-16-2-1-11(21(31)30-14-9-17(25)20(27)18(26)10-14)5-19(16)35(33,34)15-7-12-6-13(8-15)23(12,32)22-28-3-4-29-22/h1-5,9-10,12-13,15,32H,6-8H2,(H,28,29)(H,30,31). The van der Waals surface area contributed by atoms with E-state index in [4.69, 9.17) is 11.6 Å². The minimum atomic E-state index is -3.99. The van der Waals surface area contributed by atoms with Gasteiger partial charge in [0.25, 0.3) is 5.91 Å². The van der Waals surface area contributed by atoms with Crippen LogP contribution >= 0.6 is 11.6 Å². The number of aliphatic hydroxyl groups is 1. The topological polar surface area (TPSA) is 112 Å². The predicted octanol–water partition coefficient (Wildman–Crippen LogP) is 4.19. The van der Waals surface area contributed by atoms with Gasteiger partial charge in [0.2, 0.25) is 0 Å². The minimum absolute atomic E-state index is 0.0824. The first-order chi connectivity index (χ1) is 16.5. The van der Waals surface area contributed by atoms with Crippen LogP contribution in [-0.2, 0) is 15.4 Å². The van der Waals surface area contributed by atoms with Crippen LogP contribution in [0.1, 0.15) is 35.4 Å². The van der Waals surface area contributed by atoms with E-state index in [0.29, 0.717) is 24.4 Å². The molecule has 3 aliphatic rings. The molecule has 3 aromatic rings. The van der Waals surface area contributed by atoms with Crippen LogP contribution in [0.5, 0.6) is 0 Å². The summed E-state index contributed by atoms with van der Waals surface area (Å²) in [7, 11) is -3.99. The fraction of sp³-hybridized carbons (Fsp3) is 0.304. The number of nitrogens with zero attached hydrogens (tertiary/aromatic N) is 1.